The van der Waals surface area contributed by atoms with Crippen molar-refractivity contribution >= 4 is 0 Å². The van der Waals surface area contributed by atoms with Crippen molar-refractivity contribution in [1.29, 1.82) is 0 Å². The zero-order chi connectivity index (χ0) is 11.4. The molecule has 6 heteroatoms. The molecule has 0 saturated carbocycles. The molecule has 0 saturated heterocycles. The molecule has 0 atom stereocenters. The van der Waals surface area contributed by atoms with Crippen molar-refractivity contribution in [2.24, 2.45) is 0 Å². The standard InChI is InChI=1S/C10H9FN4O/c11-8-3-1-7(2-4-8)10-14-12-9(5-6-16)13-15-10/h1-4,16H,5-6H2. The minimum absolute atomic E-state index is 0.0424. The Bertz CT molecular complexity index is 457. The van der Waals surface area contributed by atoms with Gasteiger partial charge in [0.05, 0.1) is 6.61 Å². The maximum Gasteiger partial charge on any atom is 0.203 e. The molecule has 0 unspecified atom stereocenters. The highest BCUT2D eigenvalue weighted by molar-refractivity contribution is 5.53. The lowest BCUT2D eigenvalue weighted by molar-refractivity contribution is 0.295. The fraction of sp³-hybridized carbons (Fsp3) is 0.200. The van der Waals surface area contributed by atoms with E-state index >= 15 is 0 Å². The van der Waals surface area contributed by atoms with Crippen LogP contribution in [0.5, 0.6) is 0 Å². The molecule has 0 spiro atoms. The molecule has 0 aliphatic rings. The van der Waals surface area contributed by atoms with Gasteiger partial charge in [0.2, 0.25) is 5.82 Å². The van der Waals surface area contributed by atoms with Crippen LogP contribution in [0.2, 0.25) is 0 Å². The van der Waals surface area contributed by atoms with Crippen molar-refractivity contribution < 1.29 is 9.50 Å². The molecule has 0 amide bonds. The number of rotatable bonds is 3. The summed E-state index contributed by atoms with van der Waals surface area (Å²) < 4.78 is 12.7. The normalized spacial score (nSPS) is 10.4. The first-order valence-corrected chi connectivity index (χ1v) is 4.72. The predicted octanol–water partition coefficient (Wildman–Crippen LogP) is 0.607. The molecule has 1 aromatic heterocycles. The second-order valence-electron chi connectivity index (χ2n) is 3.12. The number of hydrogen-bond acceptors (Lipinski definition) is 5. The van der Waals surface area contributed by atoms with E-state index in [0.717, 1.165) is 0 Å². The Morgan fingerprint density at radius 2 is 1.62 bits per heavy atom. The van der Waals surface area contributed by atoms with Gasteiger partial charge >= 0.3 is 0 Å². The molecule has 5 nitrogen and oxygen atoms in total. The minimum atomic E-state index is -0.318. The summed E-state index contributed by atoms with van der Waals surface area (Å²) in [6.45, 7) is -0.0424. The first kappa shape index (κ1) is 10.6. The molecule has 1 aromatic carbocycles. The van der Waals surface area contributed by atoms with Crippen LogP contribution in [0, 0.1) is 5.82 Å². The SMILES string of the molecule is OCCc1nnc(-c2ccc(F)cc2)nn1. The fourth-order valence-corrected chi connectivity index (χ4v) is 1.16. The van der Waals surface area contributed by atoms with Crippen molar-refractivity contribution in [1.82, 2.24) is 20.4 Å². The number of hydrogen-bond donors (Lipinski definition) is 1. The van der Waals surface area contributed by atoms with E-state index in [2.05, 4.69) is 20.4 Å². The van der Waals surface area contributed by atoms with Gasteiger partial charge in [-0.2, -0.15) is 0 Å². The van der Waals surface area contributed by atoms with Crippen molar-refractivity contribution in [3.05, 3.63) is 35.9 Å². The van der Waals surface area contributed by atoms with Crippen LogP contribution < -0.4 is 0 Å². The third kappa shape index (κ3) is 2.34. The quantitative estimate of drug-likeness (QED) is 0.820. The fourth-order valence-electron chi connectivity index (χ4n) is 1.16. The minimum Gasteiger partial charge on any atom is -0.396 e. The van der Waals surface area contributed by atoms with Gasteiger partial charge in [-0.1, -0.05) is 0 Å². The summed E-state index contributed by atoms with van der Waals surface area (Å²) in [5, 5.41) is 23.9. The van der Waals surface area contributed by atoms with Gasteiger partial charge in [-0.3, -0.25) is 0 Å². The van der Waals surface area contributed by atoms with E-state index in [-0.39, 0.29) is 12.4 Å². The number of benzene rings is 1. The zero-order valence-electron chi connectivity index (χ0n) is 8.34. The first-order valence-electron chi connectivity index (χ1n) is 4.72. The lowest BCUT2D eigenvalue weighted by atomic mass is 10.2. The number of aliphatic hydroxyl groups is 1. The molecule has 16 heavy (non-hydrogen) atoms. The van der Waals surface area contributed by atoms with Crippen LogP contribution in [-0.4, -0.2) is 32.1 Å². The highest BCUT2D eigenvalue weighted by Gasteiger charge is 2.04. The summed E-state index contributed by atoms with van der Waals surface area (Å²) in [7, 11) is 0. The number of aliphatic hydroxyl groups excluding tert-OH is 1. The molecular weight excluding hydrogens is 211 g/mol. The summed E-state index contributed by atoms with van der Waals surface area (Å²) in [4.78, 5) is 0. The molecule has 1 N–H and O–H groups in total. The van der Waals surface area contributed by atoms with Gasteiger partial charge in [-0.05, 0) is 24.3 Å². The second-order valence-corrected chi connectivity index (χ2v) is 3.12. The average molecular weight is 220 g/mol. The highest BCUT2D eigenvalue weighted by Crippen LogP contribution is 2.12. The van der Waals surface area contributed by atoms with Gasteiger partial charge in [0.15, 0.2) is 5.82 Å². The number of nitrogens with zero attached hydrogens (tertiary/aromatic N) is 4. The molecular formula is C10H9FN4O. The Hall–Kier alpha value is -1.95. The summed E-state index contributed by atoms with van der Waals surface area (Å²) in [6.07, 6.45) is 0.323. The number of aromatic nitrogens is 4. The molecule has 0 radical (unpaired) electrons. The molecule has 0 aliphatic heterocycles. The van der Waals surface area contributed by atoms with Crippen LogP contribution in [-0.2, 0) is 6.42 Å². The summed E-state index contributed by atoms with van der Waals surface area (Å²) in [6, 6.07) is 5.75. The molecule has 0 fully saturated rings. The highest BCUT2D eigenvalue weighted by atomic mass is 19.1. The van der Waals surface area contributed by atoms with E-state index < -0.39 is 0 Å². The molecule has 1 heterocycles. The predicted molar refractivity (Wildman–Crippen MR) is 53.8 cm³/mol. The van der Waals surface area contributed by atoms with E-state index in [9.17, 15) is 4.39 Å². The maximum absolute atomic E-state index is 12.7. The Kier molecular flexibility index (Phi) is 3.11. The van der Waals surface area contributed by atoms with Crippen LogP contribution in [0.15, 0.2) is 24.3 Å². The average Bonchev–Trinajstić information content (AvgIpc) is 2.32. The summed E-state index contributed by atoms with van der Waals surface area (Å²) in [5.74, 6) is 0.400. The topological polar surface area (TPSA) is 71.8 Å². The van der Waals surface area contributed by atoms with Crippen molar-refractivity contribution in [2.45, 2.75) is 6.42 Å². The monoisotopic (exact) mass is 220 g/mol. The van der Waals surface area contributed by atoms with Crippen LogP contribution in [0.4, 0.5) is 4.39 Å². The largest absolute Gasteiger partial charge is 0.396 e. The lowest BCUT2D eigenvalue weighted by Gasteiger charge is -1.98. The summed E-state index contributed by atoms with van der Waals surface area (Å²) >= 11 is 0. The van der Waals surface area contributed by atoms with Crippen LogP contribution in [0.25, 0.3) is 11.4 Å². The van der Waals surface area contributed by atoms with E-state index in [1.165, 1.54) is 12.1 Å². The number of halogens is 1. The van der Waals surface area contributed by atoms with Crippen LogP contribution in [0.3, 0.4) is 0 Å². The van der Waals surface area contributed by atoms with Crippen molar-refractivity contribution in [2.75, 3.05) is 6.61 Å². The first-order chi connectivity index (χ1) is 7.79. The zero-order valence-corrected chi connectivity index (χ0v) is 8.34. The van der Waals surface area contributed by atoms with Gasteiger partial charge in [0.25, 0.3) is 0 Å². The molecule has 2 rings (SSSR count). The van der Waals surface area contributed by atoms with Gasteiger partial charge in [-0.15, -0.1) is 20.4 Å². The Balaban J connectivity index is 2.24. The Labute approximate surface area is 91.0 Å². The van der Waals surface area contributed by atoms with Crippen molar-refractivity contribution in [3.8, 4) is 11.4 Å². The third-order valence-electron chi connectivity index (χ3n) is 1.96. The Morgan fingerprint density at radius 1 is 1.00 bits per heavy atom. The van der Waals surface area contributed by atoms with Crippen LogP contribution in [0.1, 0.15) is 5.82 Å². The summed E-state index contributed by atoms with van der Waals surface area (Å²) in [5.41, 5.74) is 0.650. The van der Waals surface area contributed by atoms with Crippen molar-refractivity contribution in [3.63, 3.8) is 0 Å². The van der Waals surface area contributed by atoms with E-state index in [1.54, 1.807) is 12.1 Å². The molecule has 0 bridgehead atoms. The van der Waals surface area contributed by atoms with Gasteiger partial charge in [-0.25, -0.2) is 4.39 Å². The lowest BCUT2D eigenvalue weighted by Crippen LogP contribution is -2.04. The molecule has 0 aliphatic carbocycles. The van der Waals surface area contributed by atoms with Gasteiger partial charge in [0, 0.05) is 12.0 Å². The Morgan fingerprint density at radius 3 is 2.19 bits per heavy atom. The van der Waals surface area contributed by atoms with Gasteiger partial charge in [0.1, 0.15) is 5.82 Å². The smallest absolute Gasteiger partial charge is 0.203 e. The molecule has 2 aromatic rings. The second kappa shape index (κ2) is 4.71. The van der Waals surface area contributed by atoms with Crippen LogP contribution >= 0.6 is 0 Å². The van der Waals surface area contributed by atoms with Gasteiger partial charge < -0.3 is 5.11 Å². The molecule has 82 valence electrons. The van der Waals surface area contributed by atoms with E-state index in [1.807, 2.05) is 0 Å². The maximum atomic E-state index is 12.7. The van der Waals surface area contributed by atoms with E-state index in [4.69, 9.17) is 5.11 Å². The van der Waals surface area contributed by atoms with E-state index in [0.29, 0.717) is 23.6 Å². The third-order valence-corrected chi connectivity index (χ3v) is 1.96.